The molecule has 1 heterocycles. The first-order valence-corrected chi connectivity index (χ1v) is 6.50. The van der Waals surface area contributed by atoms with Gasteiger partial charge >= 0.3 is 6.36 Å². The van der Waals surface area contributed by atoms with Crippen LogP contribution in [0.4, 0.5) is 18.9 Å². The molecule has 2 rings (SSSR count). The van der Waals surface area contributed by atoms with Crippen LogP contribution in [-0.2, 0) is 9.59 Å². The van der Waals surface area contributed by atoms with Gasteiger partial charge in [-0.05, 0) is 12.1 Å². The summed E-state index contributed by atoms with van der Waals surface area (Å²) in [4.78, 5) is 24.3. The average Bonchev–Trinajstić information content (AvgIpc) is 2.75. The zero-order valence-corrected chi connectivity index (χ0v) is 11.9. The van der Waals surface area contributed by atoms with Crippen LogP contribution in [0, 0.1) is 11.3 Å². The Labute approximate surface area is 133 Å². The largest absolute Gasteiger partial charge is 0.573 e. The molecule has 2 N–H and O–H groups in total. The molecule has 1 aromatic carbocycles. The second-order valence-electron chi connectivity index (χ2n) is 4.57. The van der Waals surface area contributed by atoms with Crippen molar-refractivity contribution in [1.82, 2.24) is 4.90 Å². The number of carbonyl (C=O) groups excluding carboxylic acids is 2. The first-order chi connectivity index (χ1) is 11.2. The van der Waals surface area contributed by atoms with E-state index >= 15 is 0 Å². The molecule has 1 aromatic rings. The Kier molecular flexibility index (Phi) is 4.75. The predicted octanol–water partition coefficient (Wildman–Crippen LogP) is 1.11. The molecule has 0 fully saturated rings. The Hall–Kier alpha value is -3.06. The van der Waals surface area contributed by atoms with Gasteiger partial charge in [0.05, 0.1) is 30.5 Å². The van der Waals surface area contributed by atoms with Crippen LogP contribution in [0.1, 0.15) is 5.56 Å². The highest BCUT2D eigenvalue weighted by molar-refractivity contribution is 6.17. The van der Waals surface area contributed by atoms with Gasteiger partial charge in [0.15, 0.2) is 5.75 Å². The quantitative estimate of drug-likeness (QED) is 0.778. The highest BCUT2D eigenvalue weighted by atomic mass is 19.4. The van der Waals surface area contributed by atoms with Crippen molar-refractivity contribution in [3.63, 3.8) is 0 Å². The van der Waals surface area contributed by atoms with Gasteiger partial charge in [-0.25, -0.2) is 0 Å². The van der Waals surface area contributed by atoms with Gasteiger partial charge in [0, 0.05) is 12.1 Å². The van der Waals surface area contributed by atoms with Gasteiger partial charge in [0.2, 0.25) is 0 Å². The van der Waals surface area contributed by atoms with Crippen molar-refractivity contribution in [2.45, 2.75) is 6.36 Å². The number of carbonyl (C=O) groups is 2. The van der Waals surface area contributed by atoms with Crippen LogP contribution in [0.3, 0.4) is 0 Å². The number of hydrogen-bond donors (Lipinski definition) is 2. The van der Waals surface area contributed by atoms with Crippen LogP contribution in [-0.4, -0.2) is 41.3 Å². The predicted molar refractivity (Wildman–Crippen MR) is 73.4 cm³/mol. The van der Waals surface area contributed by atoms with E-state index in [9.17, 15) is 22.8 Å². The summed E-state index contributed by atoms with van der Waals surface area (Å²) in [5.74, 6) is -2.22. The Balaban J connectivity index is 2.30. The van der Waals surface area contributed by atoms with Crippen molar-refractivity contribution in [2.24, 2.45) is 0 Å². The van der Waals surface area contributed by atoms with Gasteiger partial charge in [-0.2, -0.15) is 5.26 Å². The van der Waals surface area contributed by atoms with Gasteiger partial charge in [0.25, 0.3) is 11.8 Å². The maximum atomic E-state index is 12.5. The van der Waals surface area contributed by atoms with Gasteiger partial charge in [-0.3, -0.25) is 14.5 Å². The fourth-order valence-electron chi connectivity index (χ4n) is 1.96. The molecule has 0 aromatic heterocycles. The van der Waals surface area contributed by atoms with E-state index in [0.717, 1.165) is 23.1 Å². The minimum Gasteiger partial charge on any atom is -0.404 e. The maximum Gasteiger partial charge on any atom is 0.573 e. The monoisotopic (exact) mass is 341 g/mol. The molecule has 0 bridgehead atoms. The Bertz CT molecular complexity index is 753. The summed E-state index contributed by atoms with van der Waals surface area (Å²) in [6, 6.07) is 4.86. The number of benzene rings is 1. The van der Waals surface area contributed by atoms with Crippen LogP contribution in [0.15, 0.2) is 30.0 Å². The molecular formula is C14H10F3N3O4. The number of halogens is 3. The summed E-state index contributed by atoms with van der Waals surface area (Å²) in [5.41, 5.74) is -0.598. The fraction of sp³-hybridized carbons (Fsp3) is 0.214. The summed E-state index contributed by atoms with van der Waals surface area (Å²) < 4.78 is 41.2. The van der Waals surface area contributed by atoms with Crippen molar-refractivity contribution in [3.05, 3.63) is 35.5 Å². The number of hydrogen-bond acceptors (Lipinski definition) is 6. The lowest BCUT2D eigenvalue weighted by atomic mass is 10.2. The van der Waals surface area contributed by atoms with Crippen LogP contribution in [0.25, 0.3) is 0 Å². The molecule has 0 unspecified atom stereocenters. The van der Waals surface area contributed by atoms with Crippen LogP contribution < -0.4 is 10.1 Å². The molecule has 0 atom stereocenters. The highest BCUT2D eigenvalue weighted by Crippen LogP contribution is 2.32. The standard InChI is InChI=1S/C14H10F3N3O4/c15-14(16,17)24-11-5-8(7-18)1-2-9(11)19-10-6-12(22)20(3-4-21)13(10)23/h1-2,5-6,19,21H,3-4H2. The van der Waals surface area contributed by atoms with Crippen molar-refractivity contribution < 1.29 is 32.6 Å². The second kappa shape index (κ2) is 6.59. The Morgan fingerprint density at radius 2 is 2.04 bits per heavy atom. The average molecular weight is 341 g/mol. The fourth-order valence-corrected chi connectivity index (χ4v) is 1.96. The molecule has 7 nitrogen and oxygen atoms in total. The summed E-state index contributed by atoms with van der Waals surface area (Å²) in [5, 5.41) is 19.9. The summed E-state index contributed by atoms with van der Waals surface area (Å²) in [6.45, 7) is -0.684. The summed E-state index contributed by atoms with van der Waals surface area (Å²) >= 11 is 0. The number of alkyl halides is 3. The number of aliphatic hydroxyl groups excluding tert-OH is 1. The molecule has 2 amide bonds. The second-order valence-corrected chi connectivity index (χ2v) is 4.57. The first-order valence-electron chi connectivity index (χ1n) is 6.50. The molecule has 1 aliphatic heterocycles. The lowest BCUT2D eigenvalue weighted by Crippen LogP contribution is -2.34. The molecule has 0 spiro atoms. The molecule has 0 radical (unpaired) electrons. The number of nitrogens with zero attached hydrogens (tertiary/aromatic N) is 2. The van der Waals surface area contributed by atoms with Crippen molar-refractivity contribution in [1.29, 1.82) is 5.26 Å². The van der Waals surface area contributed by atoms with Crippen molar-refractivity contribution >= 4 is 17.5 Å². The topological polar surface area (TPSA) is 103 Å². The summed E-state index contributed by atoms with van der Waals surface area (Å²) in [6.07, 6.45) is -4.11. The number of nitriles is 1. The van der Waals surface area contributed by atoms with Gasteiger partial charge in [-0.15, -0.1) is 13.2 Å². The van der Waals surface area contributed by atoms with E-state index in [1.54, 1.807) is 6.07 Å². The molecule has 126 valence electrons. The van der Waals surface area contributed by atoms with Gasteiger partial charge in [0.1, 0.15) is 5.70 Å². The van der Waals surface area contributed by atoms with E-state index in [4.69, 9.17) is 10.4 Å². The normalized spacial score (nSPS) is 14.5. The van der Waals surface area contributed by atoms with E-state index in [0.29, 0.717) is 0 Å². The number of anilines is 1. The van der Waals surface area contributed by atoms with E-state index in [1.807, 2.05) is 0 Å². The highest BCUT2D eigenvalue weighted by Gasteiger charge is 2.34. The molecular weight excluding hydrogens is 331 g/mol. The molecule has 0 aliphatic carbocycles. The number of nitrogens with one attached hydrogen (secondary N) is 1. The van der Waals surface area contributed by atoms with Crippen molar-refractivity contribution in [3.8, 4) is 11.8 Å². The van der Waals surface area contributed by atoms with E-state index in [2.05, 4.69) is 10.1 Å². The molecule has 1 aliphatic rings. The number of ether oxygens (including phenoxy) is 1. The number of aliphatic hydroxyl groups is 1. The van der Waals surface area contributed by atoms with E-state index in [1.165, 1.54) is 6.07 Å². The smallest absolute Gasteiger partial charge is 0.404 e. The zero-order chi connectivity index (χ0) is 17.9. The van der Waals surface area contributed by atoms with Crippen LogP contribution in [0.2, 0.25) is 0 Å². The molecule has 0 saturated heterocycles. The molecule has 24 heavy (non-hydrogen) atoms. The molecule has 0 saturated carbocycles. The number of β-amino-alcohol motifs (C(OH)–C–C–N with tert-alkyl or cyclic N) is 1. The number of rotatable bonds is 5. The third-order valence-corrected chi connectivity index (χ3v) is 2.94. The van der Waals surface area contributed by atoms with Crippen molar-refractivity contribution in [2.75, 3.05) is 18.5 Å². The SMILES string of the molecule is N#Cc1ccc(NC2=CC(=O)N(CCO)C2=O)c(OC(F)(F)F)c1. The van der Waals surface area contributed by atoms with E-state index in [-0.39, 0.29) is 23.5 Å². The van der Waals surface area contributed by atoms with Gasteiger partial charge < -0.3 is 15.2 Å². The van der Waals surface area contributed by atoms with Crippen LogP contribution in [0.5, 0.6) is 5.75 Å². The summed E-state index contributed by atoms with van der Waals surface area (Å²) in [7, 11) is 0. The van der Waals surface area contributed by atoms with Gasteiger partial charge in [-0.1, -0.05) is 0 Å². The van der Waals surface area contributed by atoms with Crippen LogP contribution >= 0.6 is 0 Å². The number of amides is 2. The number of imide groups is 1. The Morgan fingerprint density at radius 3 is 2.62 bits per heavy atom. The molecule has 10 heteroatoms. The third kappa shape index (κ3) is 3.82. The lowest BCUT2D eigenvalue weighted by molar-refractivity contribution is -0.274. The third-order valence-electron chi connectivity index (χ3n) is 2.94. The Morgan fingerprint density at radius 1 is 1.33 bits per heavy atom. The van der Waals surface area contributed by atoms with E-state index < -0.39 is 30.5 Å². The zero-order valence-electron chi connectivity index (χ0n) is 11.9. The minimum atomic E-state index is -5.00. The maximum absolute atomic E-state index is 12.5. The minimum absolute atomic E-state index is 0.0792. The lowest BCUT2D eigenvalue weighted by Gasteiger charge is -2.16. The first kappa shape index (κ1) is 17.3.